The molecule has 2 fully saturated rings. The number of esters is 6. The van der Waals surface area contributed by atoms with E-state index in [1.807, 2.05) is 41.5 Å². The van der Waals surface area contributed by atoms with Crippen molar-refractivity contribution in [1.29, 1.82) is 0 Å². The van der Waals surface area contributed by atoms with Crippen LogP contribution in [0.15, 0.2) is 0 Å². The van der Waals surface area contributed by atoms with Gasteiger partial charge in [0.05, 0.1) is 0 Å². The first-order valence-electron chi connectivity index (χ1n) is 24.7. The number of carbonyl (C=O) groups excluding carboxylic acids is 6. The van der Waals surface area contributed by atoms with Crippen LogP contribution in [0.1, 0.15) is 196 Å². The van der Waals surface area contributed by atoms with E-state index in [1.165, 1.54) is 0 Å². The maximum absolute atomic E-state index is 13.6. The Bertz CT molecular complexity index is 1370. The van der Waals surface area contributed by atoms with Gasteiger partial charge in [-0.15, -0.1) is 0 Å². The zero-order valence-electron chi connectivity index (χ0n) is 40.2. The SMILES string of the molecule is CCCCCC(=O)OC[C@H]1O[C@@H](O[C@H]2[C@H](OC(=O)CCCCC)[C@@H](OC(=O)CCCCC)[C@H](O)O[C@@H]2COC(=O)CCCCC)[C@H](OC(=O)CCCCC)[C@@H](OC(=O)CCCCC)[C@@H]1O. The molecule has 0 aromatic carbocycles. The third-order valence-corrected chi connectivity index (χ3v) is 11.3. The summed E-state index contributed by atoms with van der Waals surface area (Å²) in [5.74, 6) is -3.95. The summed E-state index contributed by atoms with van der Waals surface area (Å²) in [7, 11) is 0. The van der Waals surface area contributed by atoms with E-state index >= 15 is 0 Å². The van der Waals surface area contributed by atoms with Gasteiger partial charge in [-0.1, -0.05) is 119 Å². The zero-order chi connectivity index (χ0) is 48.0. The van der Waals surface area contributed by atoms with Crippen LogP contribution in [-0.4, -0.2) is 121 Å². The van der Waals surface area contributed by atoms with Gasteiger partial charge >= 0.3 is 35.8 Å². The van der Waals surface area contributed by atoms with Crippen molar-refractivity contribution in [2.75, 3.05) is 13.2 Å². The minimum Gasteiger partial charge on any atom is -0.463 e. The van der Waals surface area contributed by atoms with Crippen molar-refractivity contribution in [1.82, 2.24) is 0 Å². The lowest BCUT2D eigenvalue weighted by Gasteiger charge is -2.48. The summed E-state index contributed by atoms with van der Waals surface area (Å²) in [4.78, 5) is 79.6. The number of carbonyl (C=O) groups is 6. The predicted molar refractivity (Wildman–Crippen MR) is 237 cm³/mol. The smallest absolute Gasteiger partial charge is 0.306 e. The first-order chi connectivity index (χ1) is 31.3. The van der Waals surface area contributed by atoms with Crippen LogP contribution >= 0.6 is 0 Å². The lowest BCUT2D eigenvalue weighted by atomic mass is 9.96. The van der Waals surface area contributed by atoms with Gasteiger partial charge in [0.25, 0.3) is 0 Å². The Morgan fingerprint density at radius 3 is 1.12 bits per heavy atom. The molecule has 2 aliphatic heterocycles. The third kappa shape index (κ3) is 22.3. The van der Waals surface area contributed by atoms with Crippen molar-refractivity contribution in [3.8, 4) is 0 Å². The van der Waals surface area contributed by atoms with Crippen molar-refractivity contribution in [2.45, 2.75) is 257 Å². The van der Waals surface area contributed by atoms with E-state index in [0.717, 1.165) is 64.2 Å². The van der Waals surface area contributed by atoms with Gasteiger partial charge in [0.1, 0.15) is 37.6 Å². The highest BCUT2D eigenvalue weighted by atomic mass is 16.8. The monoisotopic (exact) mass is 931 g/mol. The minimum absolute atomic E-state index is 0.0115. The second-order valence-electron chi connectivity index (χ2n) is 17.1. The molecule has 0 bridgehead atoms. The third-order valence-electron chi connectivity index (χ3n) is 11.3. The number of unbranched alkanes of at least 4 members (excludes halogenated alkanes) is 12. The van der Waals surface area contributed by atoms with E-state index in [0.29, 0.717) is 51.4 Å². The van der Waals surface area contributed by atoms with Gasteiger partial charge in [0.15, 0.2) is 37.0 Å². The molecule has 0 amide bonds. The fourth-order valence-electron chi connectivity index (χ4n) is 7.46. The van der Waals surface area contributed by atoms with E-state index < -0.39 is 110 Å². The molecule has 0 radical (unpaired) electrons. The average molecular weight is 931 g/mol. The molecule has 17 heteroatoms. The van der Waals surface area contributed by atoms with E-state index in [1.54, 1.807) is 0 Å². The fourth-order valence-corrected chi connectivity index (χ4v) is 7.46. The van der Waals surface area contributed by atoms with Crippen LogP contribution in [0.4, 0.5) is 0 Å². The molecule has 17 nitrogen and oxygen atoms in total. The van der Waals surface area contributed by atoms with Gasteiger partial charge < -0.3 is 52.8 Å². The summed E-state index contributed by atoms with van der Waals surface area (Å²) in [6.45, 7) is 10.8. The van der Waals surface area contributed by atoms with Crippen LogP contribution in [-0.2, 0) is 71.4 Å². The second-order valence-corrected chi connectivity index (χ2v) is 17.1. The molecule has 2 saturated heterocycles. The lowest BCUT2D eigenvalue weighted by molar-refractivity contribution is -0.357. The molecule has 0 spiro atoms. The molecule has 0 aliphatic carbocycles. The Hall–Kier alpha value is -3.38. The first-order valence-corrected chi connectivity index (χ1v) is 24.7. The van der Waals surface area contributed by atoms with Gasteiger partial charge in [-0.2, -0.15) is 0 Å². The normalized spacial score (nSPS) is 25.3. The van der Waals surface area contributed by atoms with Gasteiger partial charge in [0.2, 0.25) is 0 Å². The number of aliphatic hydroxyl groups excluding tert-OH is 2. The highest BCUT2D eigenvalue weighted by Crippen LogP contribution is 2.35. The number of ether oxygens (including phenoxy) is 9. The minimum atomic E-state index is -1.89. The second kappa shape index (κ2) is 34.0. The molecular formula is C48H82O17. The summed E-state index contributed by atoms with van der Waals surface area (Å²) < 4.78 is 53.8. The Balaban J connectivity index is 2.76. The summed E-state index contributed by atoms with van der Waals surface area (Å²) >= 11 is 0. The highest BCUT2D eigenvalue weighted by Gasteiger charge is 2.56. The van der Waals surface area contributed by atoms with Crippen molar-refractivity contribution >= 4 is 35.8 Å². The number of hydrogen-bond donors (Lipinski definition) is 2. The molecule has 2 N–H and O–H groups in total. The molecule has 2 rings (SSSR count). The molecule has 2 aliphatic rings. The predicted octanol–water partition coefficient (Wildman–Crippen LogP) is 7.39. The molecule has 0 saturated carbocycles. The van der Waals surface area contributed by atoms with E-state index in [9.17, 15) is 39.0 Å². The quantitative estimate of drug-likeness (QED) is 0.0364. The van der Waals surface area contributed by atoms with Gasteiger partial charge in [0, 0.05) is 38.5 Å². The average Bonchev–Trinajstić information content (AvgIpc) is 3.27. The Kier molecular flexibility index (Phi) is 30.2. The largest absolute Gasteiger partial charge is 0.463 e. The number of rotatable bonds is 34. The summed E-state index contributed by atoms with van der Waals surface area (Å²) in [5, 5.41) is 23.3. The summed E-state index contributed by atoms with van der Waals surface area (Å²) in [6, 6.07) is 0. The molecule has 0 unspecified atom stereocenters. The molecule has 2 heterocycles. The van der Waals surface area contributed by atoms with Gasteiger partial charge in [-0.05, 0) is 38.5 Å². The van der Waals surface area contributed by atoms with Gasteiger partial charge in [-0.25, -0.2) is 0 Å². The Labute approximate surface area is 386 Å². The Morgan fingerprint density at radius 2 is 0.723 bits per heavy atom. The van der Waals surface area contributed by atoms with Crippen LogP contribution in [0.25, 0.3) is 0 Å². The first kappa shape index (κ1) is 57.7. The zero-order valence-corrected chi connectivity index (χ0v) is 40.2. The van der Waals surface area contributed by atoms with Crippen molar-refractivity contribution in [3.05, 3.63) is 0 Å². The topological polar surface area (TPSA) is 226 Å². The molecule has 0 aromatic heterocycles. The Morgan fingerprint density at radius 1 is 0.385 bits per heavy atom. The van der Waals surface area contributed by atoms with Gasteiger partial charge in [-0.3, -0.25) is 28.8 Å². The van der Waals surface area contributed by atoms with Crippen molar-refractivity contribution in [2.24, 2.45) is 0 Å². The van der Waals surface area contributed by atoms with E-state index in [-0.39, 0.29) is 38.5 Å². The number of hydrogen-bond acceptors (Lipinski definition) is 17. The summed E-state index contributed by atoms with van der Waals surface area (Å²) in [6.07, 6.45) is -3.71. The van der Waals surface area contributed by atoms with Crippen LogP contribution in [0, 0.1) is 0 Å². The lowest BCUT2D eigenvalue weighted by Crippen LogP contribution is -2.66. The molecule has 10 atom stereocenters. The fraction of sp³-hybridized carbons (Fsp3) is 0.875. The molecule has 376 valence electrons. The molecule has 0 aromatic rings. The van der Waals surface area contributed by atoms with Crippen molar-refractivity contribution < 1.29 is 81.6 Å². The number of aliphatic hydroxyl groups is 2. The maximum atomic E-state index is 13.6. The molecule has 65 heavy (non-hydrogen) atoms. The van der Waals surface area contributed by atoms with Crippen LogP contribution in [0.3, 0.4) is 0 Å². The highest BCUT2D eigenvalue weighted by molar-refractivity contribution is 5.72. The van der Waals surface area contributed by atoms with E-state index in [4.69, 9.17) is 42.6 Å². The van der Waals surface area contributed by atoms with Crippen LogP contribution in [0.5, 0.6) is 0 Å². The van der Waals surface area contributed by atoms with E-state index in [2.05, 4.69) is 0 Å². The van der Waals surface area contributed by atoms with Crippen LogP contribution < -0.4 is 0 Å². The standard InChI is InChI=1S/C48H82O17/c1-7-13-19-25-35(49)57-31-33-41(55)43(61-37(51)27-21-15-9-3)46(64-40(54)30-24-18-12-6)48(60-33)65-42-34(32-58-36(50)26-20-14-8-2)59-47(56)45(63-39(53)29-23-17-11-5)44(42)62-38(52)28-22-16-10-4/h33-34,41-48,55-56H,7-32H2,1-6H3/t33-,34-,41-,42-,43+,44+,45-,46-,47-,48+/m1/s1. The maximum Gasteiger partial charge on any atom is 0.306 e. The molecular weight excluding hydrogens is 849 g/mol. The van der Waals surface area contributed by atoms with Crippen molar-refractivity contribution in [3.63, 3.8) is 0 Å². The van der Waals surface area contributed by atoms with Crippen LogP contribution in [0.2, 0.25) is 0 Å². The summed E-state index contributed by atoms with van der Waals surface area (Å²) in [5.41, 5.74) is 0.